The van der Waals surface area contributed by atoms with E-state index in [1.165, 1.54) is 0 Å². The van der Waals surface area contributed by atoms with Gasteiger partial charge < -0.3 is 15.2 Å². The van der Waals surface area contributed by atoms with Crippen LogP contribution in [0.2, 0.25) is 0 Å². The Bertz CT molecular complexity index is 570. The highest BCUT2D eigenvalue weighted by Gasteiger charge is 2.06. The molecule has 0 amide bonds. The first kappa shape index (κ1) is 12.8. The number of aryl methyl sites for hydroxylation is 1. The highest BCUT2D eigenvalue weighted by Crippen LogP contribution is 2.34. The highest BCUT2D eigenvalue weighted by molar-refractivity contribution is 9.10. The average molecular weight is 308 g/mol. The number of nitrogen functional groups attached to an aromatic ring is 1. The Balaban J connectivity index is 2.28. The SMILES string of the molecule is COc1ccc(Oc2ccc(N)cc2C)c(Br)c1. The Labute approximate surface area is 115 Å². The number of methoxy groups -OCH3 is 1. The van der Waals surface area contributed by atoms with E-state index in [2.05, 4.69) is 15.9 Å². The standard InChI is InChI=1S/C14H14BrNO2/c1-9-7-10(16)3-5-13(9)18-14-6-4-11(17-2)8-12(14)15/h3-8H,16H2,1-2H3. The van der Waals surface area contributed by atoms with Crippen LogP contribution in [0.3, 0.4) is 0 Å². The van der Waals surface area contributed by atoms with E-state index in [0.29, 0.717) is 0 Å². The largest absolute Gasteiger partial charge is 0.497 e. The zero-order valence-corrected chi connectivity index (χ0v) is 11.8. The van der Waals surface area contributed by atoms with E-state index in [0.717, 1.165) is 33.0 Å². The molecule has 94 valence electrons. The number of rotatable bonds is 3. The summed E-state index contributed by atoms with van der Waals surface area (Å²) in [7, 11) is 1.63. The number of ether oxygens (including phenoxy) is 2. The molecule has 0 bridgehead atoms. The summed E-state index contributed by atoms with van der Waals surface area (Å²) < 4.78 is 11.8. The predicted molar refractivity (Wildman–Crippen MR) is 76.4 cm³/mol. The Morgan fingerprint density at radius 2 is 1.78 bits per heavy atom. The number of hydrogen-bond donors (Lipinski definition) is 1. The molecular weight excluding hydrogens is 294 g/mol. The van der Waals surface area contributed by atoms with E-state index < -0.39 is 0 Å². The van der Waals surface area contributed by atoms with Crippen molar-refractivity contribution in [1.29, 1.82) is 0 Å². The van der Waals surface area contributed by atoms with Gasteiger partial charge >= 0.3 is 0 Å². The molecule has 3 nitrogen and oxygen atoms in total. The molecular formula is C14H14BrNO2. The Morgan fingerprint density at radius 3 is 2.39 bits per heavy atom. The van der Waals surface area contributed by atoms with Crippen molar-refractivity contribution in [2.45, 2.75) is 6.92 Å². The molecule has 2 rings (SSSR count). The molecule has 2 aromatic rings. The van der Waals surface area contributed by atoms with E-state index in [1.807, 2.05) is 43.3 Å². The normalized spacial score (nSPS) is 10.2. The monoisotopic (exact) mass is 307 g/mol. The van der Waals surface area contributed by atoms with Gasteiger partial charge in [-0.05, 0) is 64.8 Å². The quantitative estimate of drug-likeness (QED) is 0.867. The van der Waals surface area contributed by atoms with Gasteiger partial charge in [-0.15, -0.1) is 0 Å². The van der Waals surface area contributed by atoms with Crippen LogP contribution in [0.4, 0.5) is 5.69 Å². The zero-order chi connectivity index (χ0) is 13.1. The van der Waals surface area contributed by atoms with Gasteiger partial charge in [0.25, 0.3) is 0 Å². The van der Waals surface area contributed by atoms with E-state index in [9.17, 15) is 0 Å². The van der Waals surface area contributed by atoms with E-state index >= 15 is 0 Å². The first-order valence-electron chi connectivity index (χ1n) is 5.47. The lowest BCUT2D eigenvalue weighted by atomic mass is 10.2. The molecule has 0 aromatic heterocycles. The van der Waals surface area contributed by atoms with Crippen LogP contribution in [0.25, 0.3) is 0 Å². The molecule has 0 heterocycles. The van der Waals surface area contributed by atoms with Gasteiger partial charge in [-0.25, -0.2) is 0 Å². The van der Waals surface area contributed by atoms with Crippen molar-refractivity contribution >= 4 is 21.6 Å². The van der Waals surface area contributed by atoms with Gasteiger partial charge in [0, 0.05) is 5.69 Å². The summed E-state index contributed by atoms with van der Waals surface area (Å²) >= 11 is 3.45. The fraction of sp³-hybridized carbons (Fsp3) is 0.143. The molecule has 4 heteroatoms. The number of nitrogens with two attached hydrogens (primary N) is 1. The minimum absolute atomic E-state index is 0.730. The predicted octanol–water partition coefficient (Wildman–Crippen LogP) is 4.14. The van der Waals surface area contributed by atoms with Crippen LogP contribution >= 0.6 is 15.9 Å². The van der Waals surface area contributed by atoms with Crippen molar-refractivity contribution in [3.63, 3.8) is 0 Å². The molecule has 0 aliphatic rings. The van der Waals surface area contributed by atoms with Crippen molar-refractivity contribution in [3.8, 4) is 17.2 Å². The van der Waals surface area contributed by atoms with Crippen LogP contribution in [0.5, 0.6) is 17.2 Å². The van der Waals surface area contributed by atoms with Crippen LogP contribution < -0.4 is 15.2 Å². The molecule has 2 N–H and O–H groups in total. The summed E-state index contributed by atoms with van der Waals surface area (Å²) in [6, 6.07) is 11.1. The van der Waals surface area contributed by atoms with Gasteiger partial charge in [0.15, 0.2) is 0 Å². The fourth-order valence-electron chi connectivity index (χ4n) is 1.60. The van der Waals surface area contributed by atoms with Gasteiger partial charge in [0.05, 0.1) is 11.6 Å². The maximum Gasteiger partial charge on any atom is 0.141 e. The average Bonchev–Trinajstić information content (AvgIpc) is 2.34. The smallest absolute Gasteiger partial charge is 0.141 e. The number of halogens is 1. The molecule has 0 fully saturated rings. The second kappa shape index (κ2) is 5.31. The van der Waals surface area contributed by atoms with Gasteiger partial charge in [0.2, 0.25) is 0 Å². The van der Waals surface area contributed by atoms with Crippen LogP contribution in [0.15, 0.2) is 40.9 Å². The molecule has 0 radical (unpaired) electrons. The molecule has 0 atom stereocenters. The molecule has 0 unspecified atom stereocenters. The van der Waals surface area contributed by atoms with Crippen LogP contribution in [0, 0.1) is 6.92 Å². The molecule has 2 aromatic carbocycles. The molecule has 0 aliphatic carbocycles. The number of anilines is 1. The summed E-state index contributed by atoms with van der Waals surface area (Å²) in [5.41, 5.74) is 7.44. The van der Waals surface area contributed by atoms with E-state index in [4.69, 9.17) is 15.2 Å². The second-order valence-corrected chi connectivity index (χ2v) is 4.78. The first-order chi connectivity index (χ1) is 8.60. The van der Waals surface area contributed by atoms with Crippen LogP contribution in [-0.4, -0.2) is 7.11 Å². The third-order valence-corrected chi connectivity index (χ3v) is 3.18. The molecule has 0 spiro atoms. The zero-order valence-electron chi connectivity index (χ0n) is 10.2. The molecule has 0 aliphatic heterocycles. The van der Waals surface area contributed by atoms with Gasteiger partial charge in [-0.2, -0.15) is 0 Å². The third-order valence-electron chi connectivity index (χ3n) is 2.56. The maximum absolute atomic E-state index is 5.84. The first-order valence-corrected chi connectivity index (χ1v) is 6.27. The lowest BCUT2D eigenvalue weighted by Gasteiger charge is -2.11. The highest BCUT2D eigenvalue weighted by atomic mass is 79.9. The van der Waals surface area contributed by atoms with Gasteiger partial charge in [0.1, 0.15) is 17.2 Å². The maximum atomic E-state index is 5.84. The van der Waals surface area contributed by atoms with Crippen LogP contribution in [0.1, 0.15) is 5.56 Å². The lowest BCUT2D eigenvalue weighted by molar-refractivity contribution is 0.412. The van der Waals surface area contributed by atoms with Crippen molar-refractivity contribution in [2.24, 2.45) is 0 Å². The van der Waals surface area contributed by atoms with Crippen LogP contribution in [-0.2, 0) is 0 Å². The lowest BCUT2D eigenvalue weighted by Crippen LogP contribution is -1.92. The number of benzene rings is 2. The topological polar surface area (TPSA) is 44.5 Å². The second-order valence-electron chi connectivity index (χ2n) is 3.92. The minimum atomic E-state index is 0.730. The van der Waals surface area contributed by atoms with Gasteiger partial charge in [-0.3, -0.25) is 0 Å². The summed E-state index contributed by atoms with van der Waals surface area (Å²) in [6.07, 6.45) is 0. The minimum Gasteiger partial charge on any atom is -0.497 e. The summed E-state index contributed by atoms with van der Waals surface area (Å²) in [5, 5.41) is 0. The molecule has 0 saturated heterocycles. The summed E-state index contributed by atoms with van der Waals surface area (Å²) in [6.45, 7) is 1.96. The van der Waals surface area contributed by atoms with Crippen molar-refractivity contribution in [2.75, 3.05) is 12.8 Å². The van der Waals surface area contributed by atoms with Gasteiger partial charge in [-0.1, -0.05) is 0 Å². The Hall–Kier alpha value is -1.68. The Morgan fingerprint density at radius 1 is 1.06 bits per heavy atom. The molecule has 18 heavy (non-hydrogen) atoms. The summed E-state index contributed by atoms with van der Waals surface area (Å²) in [4.78, 5) is 0. The third kappa shape index (κ3) is 2.76. The van der Waals surface area contributed by atoms with Crippen molar-refractivity contribution < 1.29 is 9.47 Å². The van der Waals surface area contributed by atoms with Crippen molar-refractivity contribution in [1.82, 2.24) is 0 Å². The summed E-state index contributed by atoms with van der Waals surface area (Å²) in [5.74, 6) is 2.31. The van der Waals surface area contributed by atoms with E-state index in [1.54, 1.807) is 7.11 Å². The number of hydrogen-bond acceptors (Lipinski definition) is 3. The fourth-order valence-corrected chi connectivity index (χ4v) is 2.04. The molecule has 0 saturated carbocycles. The Kier molecular flexibility index (Phi) is 3.77. The van der Waals surface area contributed by atoms with Crippen molar-refractivity contribution in [3.05, 3.63) is 46.4 Å². The van der Waals surface area contributed by atoms with E-state index in [-0.39, 0.29) is 0 Å².